The summed E-state index contributed by atoms with van der Waals surface area (Å²) in [7, 11) is 0. The second kappa shape index (κ2) is 6.90. The molecular formula is C16H19BrO2. The Labute approximate surface area is 123 Å². The van der Waals surface area contributed by atoms with Gasteiger partial charge in [0.1, 0.15) is 6.10 Å². The second-order valence-corrected chi connectivity index (χ2v) is 5.88. The number of rotatable bonds is 3. The van der Waals surface area contributed by atoms with Gasteiger partial charge in [-0.3, -0.25) is 0 Å². The van der Waals surface area contributed by atoms with Gasteiger partial charge < -0.3 is 4.74 Å². The van der Waals surface area contributed by atoms with Crippen molar-refractivity contribution in [2.24, 2.45) is 0 Å². The lowest BCUT2D eigenvalue weighted by Crippen LogP contribution is -2.23. The largest absolute Gasteiger partial charge is 0.459 e. The molecule has 1 aliphatic carbocycles. The highest BCUT2D eigenvalue weighted by Gasteiger charge is 2.24. The summed E-state index contributed by atoms with van der Waals surface area (Å²) >= 11 is 3.46. The third-order valence-electron chi connectivity index (χ3n) is 3.60. The average molecular weight is 323 g/mol. The van der Waals surface area contributed by atoms with Gasteiger partial charge in [0.15, 0.2) is 0 Å². The molecule has 0 aliphatic heterocycles. The molecule has 0 saturated heterocycles. The van der Waals surface area contributed by atoms with Crippen molar-refractivity contribution >= 4 is 21.9 Å². The Morgan fingerprint density at radius 2 is 1.84 bits per heavy atom. The Kier molecular flexibility index (Phi) is 5.20. The van der Waals surface area contributed by atoms with Crippen molar-refractivity contribution in [3.63, 3.8) is 0 Å². The maximum absolute atomic E-state index is 11.4. The number of hydrogen-bond donors (Lipinski definition) is 0. The third-order valence-corrected chi connectivity index (χ3v) is 4.13. The molecule has 1 aromatic rings. The Bertz CT molecular complexity index is 442. The zero-order chi connectivity index (χ0) is 13.7. The quantitative estimate of drug-likeness (QED) is 0.600. The van der Waals surface area contributed by atoms with Crippen LogP contribution in [-0.4, -0.2) is 12.1 Å². The van der Waals surface area contributed by atoms with Crippen molar-refractivity contribution in [3.05, 3.63) is 46.5 Å². The van der Waals surface area contributed by atoms with E-state index >= 15 is 0 Å². The molecule has 2 nitrogen and oxygen atoms in total. The van der Waals surface area contributed by atoms with Crippen LogP contribution >= 0.6 is 15.9 Å². The molecule has 0 aromatic heterocycles. The van der Waals surface area contributed by atoms with Gasteiger partial charge in [-0.15, -0.1) is 0 Å². The Morgan fingerprint density at radius 1 is 1.21 bits per heavy atom. The van der Waals surface area contributed by atoms with Crippen molar-refractivity contribution in [1.29, 1.82) is 0 Å². The molecule has 0 N–H and O–H groups in total. The number of hydrogen-bond acceptors (Lipinski definition) is 2. The van der Waals surface area contributed by atoms with Gasteiger partial charge in [0.05, 0.1) is 0 Å². The van der Waals surface area contributed by atoms with Crippen molar-refractivity contribution in [2.75, 3.05) is 0 Å². The van der Waals surface area contributed by atoms with E-state index in [9.17, 15) is 4.79 Å². The molecule has 0 bridgehead atoms. The lowest BCUT2D eigenvalue weighted by atomic mass is 9.83. The SMILES string of the molecule is CC=CC(=O)OC1CCC(c2ccc(Br)cc2)CC1. The van der Waals surface area contributed by atoms with Gasteiger partial charge in [-0.2, -0.15) is 0 Å². The van der Waals surface area contributed by atoms with E-state index in [4.69, 9.17) is 4.74 Å². The highest BCUT2D eigenvalue weighted by molar-refractivity contribution is 9.10. The van der Waals surface area contributed by atoms with Crippen molar-refractivity contribution < 1.29 is 9.53 Å². The highest BCUT2D eigenvalue weighted by Crippen LogP contribution is 2.34. The minimum atomic E-state index is -0.213. The topological polar surface area (TPSA) is 26.3 Å². The van der Waals surface area contributed by atoms with Crippen LogP contribution in [0.25, 0.3) is 0 Å². The molecule has 1 aliphatic rings. The van der Waals surface area contributed by atoms with E-state index in [1.165, 1.54) is 11.6 Å². The van der Waals surface area contributed by atoms with E-state index < -0.39 is 0 Å². The van der Waals surface area contributed by atoms with Crippen LogP contribution < -0.4 is 0 Å². The number of esters is 1. The zero-order valence-electron chi connectivity index (χ0n) is 11.1. The van der Waals surface area contributed by atoms with Gasteiger partial charge in [0.25, 0.3) is 0 Å². The molecule has 0 radical (unpaired) electrons. The van der Waals surface area contributed by atoms with E-state index in [-0.39, 0.29) is 12.1 Å². The van der Waals surface area contributed by atoms with Crippen molar-refractivity contribution in [1.82, 2.24) is 0 Å². The summed E-state index contributed by atoms with van der Waals surface area (Å²) in [4.78, 5) is 11.4. The first-order valence-corrected chi connectivity index (χ1v) is 7.57. The fourth-order valence-corrected chi connectivity index (χ4v) is 2.85. The number of carbonyl (C=O) groups is 1. The summed E-state index contributed by atoms with van der Waals surface area (Å²) in [5, 5.41) is 0. The van der Waals surface area contributed by atoms with Crippen LogP contribution in [0.15, 0.2) is 40.9 Å². The van der Waals surface area contributed by atoms with Crippen molar-refractivity contribution in [2.45, 2.75) is 44.6 Å². The number of ether oxygens (including phenoxy) is 1. The first kappa shape index (κ1) is 14.3. The maximum Gasteiger partial charge on any atom is 0.330 e. The molecule has 1 fully saturated rings. The number of allylic oxidation sites excluding steroid dienone is 1. The second-order valence-electron chi connectivity index (χ2n) is 4.96. The first-order chi connectivity index (χ1) is 9.19. The van der Waals surface area contributed by atoms with Crippen LogP contribution in [0.1, 0.15) is 44.1 Å². The van der Waals surface area contributed by atoms with E-state index in [0.717, 1.165) is 30.2 Å². The molecule has 0 unspecified atom stereocenters. The molecule has 3 heteroatoms. The molecule has 0 atom stereocenters. The zero-order valence-corrected chi connectivity index (χ0v) is 12.7. The average Bonchev–Trinajstić information content (AvgIpc) is 2.41. The smallest absolute Gasteiger partial charge is 0.330 e. The third kappa shape index (κ3) is 4.20. The van der Waals surface area contributed by atoms with Gasteiger partial charge >= 0.3 is 5.97 Å². The maximum atomic E-state index is 11.4. The summed E-state index contributed by atoms with van der Waals surface area (Å²) in [5.41, 5.74) is 1.39. The minimum absolute atomic E-state index is 0.0930. The lowest BCUT2D eigenvalue weighted by molar-refractivity contribution is -0.144. The van der Waals surface area contributed by atoms with Gasteiger partial charge in [-0.1, -0.05) is 34.1 Å². The molecule has 102 valence electrons. The molecule has 1 aromatic carbocycles. The fourth-order valence-electron chi connectivity index (χ4n) is 2.59. The molecular weight excluding hydrogens is 304 g/mol. The predicted octanol–water partition coefficient (Wildman–Crippen LogP) is 4.59. The standard InChI is InChI=1S/C16H19BrO2/c1-2-3-16(18)19-15-10-6-13(7-11-15)12-4-8-14(17)9-5-12/h2-5,8-9,13,15H,6-7,10-11H2,1H3. The van der Waals surface area contributed by atoms with Gasteiger partial charge in [-0.05, 0) is 56.2 Å². The summed E-state index contributed by atoms with van der Waals surface area (Å²) < 4.78 is 6.52. The molecule has 0 spiro atoms. The van der Waals surface area contributed by atoms with Crippen LogP contribution in [0.3, 0.4) is 0 Å². The lowest BCUT2D eigenvalue weighted by Gasteiger charge is -2.28. The molecule has 1 saturated carbocycles. The fraction of sp³-hybridized carbons (Fsp3) is 0.438. The number of halogens is 1. The normalized spacial score (nSPS) is 23.5. The van der Waals surface area contributed by atoms with Gasteiger partial charge in [-0.25, -0.2) is 4.79 Å². The van der Waals surface area contributed by atoms with Crippen molar-refractivity contribution in [3.8, 4) is 0 Å². The molecule has 2 rings (SSSR count). The molecule has 0 heterocycles. The Morgan fingerprint density at radius 3 is 2.42 bits per heavy atom. The van der Waals surface area contributed by atoms with E-state index in [2.05, 4.69) is 40.2 Å². The number of carbonyl (C=O) groups excluding carboxylic acids is 1. The molecule has 0 amide bonds. The van der Waals surface area contributed by atoms with Gasteiger partial charge in [0, 0.05) is 10.5 Å². The summed E-state index contributed by atoms with van der Waals surface area (Å²) in [6.45, 7) is 1.83. The Balaban J connectivity index is 1.85. The van der Waals surface area contributed by atoms with Crippen LogP contribution in [0.2, 0.25) is 0 Å². The Hall–Kier alpha value is -1.09. The van der Waals surface area contributed by atoms with Gasteiger partial charge in [0.2, 0.25) is 0 Å². The molecule has 19 heavy (non-hydrogen) atoms. The van der Waals surface area contributed by atoms with Crippen LogP contribution in [0, 0.1) is 0 Å². The van der Waals surface area contributed by atoms with Crippen LogP contribution in [0.4, 0.5) is 0 Å². The monoisotopic (exact) mass is 322 g/mol. The van der Waals surface area contributed by atoms with E-state index in [1.807, 2.05) is 6.92 Å². The van der Waals surface area contributed by atoms with Crippen LogP contribution in [-0.2, 0) is 9.53 Å². The summed E-state index contributed by atoms with van der Waals surface area (Å²) in [5.74, 6) is 0.388. The predicted molar refractivity (Wildman–Crippen MR) is 80.0 cm³/mol. The highest BCUT2D eigenvalue weighted by atomic mass is 79.9. The minimum Gasteiger partial charge on any atom is -0.459 e. The van der Waals surface area contributed by atoms with Crippen LogP contribution in [0.5, 0.6) is 0 Å². The number of benzene rings is 1. The summed E-state index contributed by atoms with van der Waals surface area (Å²) in [6, 6.07) is 8.54. The van der Waals surface area contributed by atoms with E-state index in [1.54, 1.807) is 6.08 Å². The van der Waals surface area contributed by atoms with E-state index in [0.29, 0.717) is 5.92 Å². The first-order valence-electron chi connectivity index (χ1n) is 6.78. The summed E-state index contributed by atoms with van der Waals surface area (Å²) in [6.07, 6.45) is 7.41.